The molecule has 0 atom stereocenters. The Bertz CT molecular complexity index is 912. The number of fused-ring (bicyclic) bond motifs is 1. The van der Waals surface area contributed by atoms with Crippen LogP contribution in [0.25, 0.3) is 6.08 Å². The zero-order chi connectivity index (χ0) is 20.1. The number of hydrogen-bond acceptors (Lipinski definition) is 6. The molecule has 0 amide bonds. The minimum atomic E-state index is -0.604. The van der Waals surface area contributed by atoms with Crippen LogP contribution >= 0.6 is 0 Å². The third kappa shape index (κ3) is 4.52. The standard InChI is InChI=1S/C22H22O6/c1-14-4-5-15(2)17(10-14)18(23)13-28-21(24)7-6-16-11-19(25-3)22-20(12-16)26-8-9-27-22/h4-7,10-12H,8-9,13H2,1-3H3/b7-6+. The van der Waals surface area contributed by atoms with Crippen LogP contribution in [0.1, 0.15) is 27.0 Å². The highest BCUT2D eigenvalue weighted by Gasteiger charge is 2.18. The number of ether oxygens (including phenoxy) is 4. The summed E-state index contributed by atoms with van der Waals surface area (Å²) in [6, 6.07) is 9.09. The molecule has 0 aromatic heterocycles. The number of Topliss-reactive ketones (excluding diaryl/α,β-unsaturated/α-hetero) is 1. The summed E-state index contributed by atoms with van der Waals surface area (Å²) < 4.78 is 21.5. The number of carbonyl (C=O) groups is 2. The number of benzene rings is 2. The molecule has 0 saturated carbocycles. The van der Waals surface area contributed by atoms with Gasteiger partial charge < -0.3 is 18.9 Å². The van der Waals surface area contributed by atoms with E-state index in [2.05, 4.69) is 0 Å². The van der Waals surface area contributed by atoms with Gasteiger partial charge in [-0.15, -0.1) is 0 Å². The van der Waals surface area contributed by atoms with E-state index in [1.54, 1.807) is 24.3 Å². The fourth-order valence-corrected chi connectivity index (χ4v) is 2.85. The first-order chi connectivity index (χ1) is 13.5. The Morgan fingerprint density at radius 2 is 1.89 bits per heavy atom. The molecule has 3 rings (SSSR count). The van der Waals surface area contributed by atoms with Crippen LogP contribution in [0.5, 0.6) is 17.2 Å². The number of ketones is 1. The summed E-state index contributed by atoms with van der Waals surface area (Å²) in [4.78, 5) is 24.3. The Labute approximate surface area is 163 Å². The zero-order valence-corrected chi connectivity index (χ0v) is 16.1. The Morgan fingerprint density at radius 3 is 2.68 bits per heavy atom. The highest BCUT2D eigenvalue weighted by atomic mass is 16.6. The predicted octanol–water partition coefficient (Wildman–Crippen LogP) is 3.52. The average Bonchev–Trinajstić information content (AvgIpc) is 2.71. The molecule has 1 heterocycles. The highest BCUT2D eigenvalue weighted by molar-refractivity contribution is 6.00. The van der Waals surface area contributed by atoms with E-state index in [0.717, 1.165) is 11.1 Å². The molecule has 0 bridgehead atoms. The lowest BCUT2D eigenvalue weighted by molar-refractivity contribution is -0.136. The van der Waals surface area contributed by atoms with E-state index in [0.29, 0.717) is 41.6 Å². The zero-order valence-electron chi connectivity index (χ0n) is 16.1. The molecule has 1 aliphatic heterocycles. The molecule has 0 fully saturated rings. The smallest absolute Gasteiger partial charge is 0.331 e. The van der Waals surface area contributed by atoms with E-state index in [1.165, 1.54) is 13.2 Å². The Hall–Kier alpha value is -3.28. The molecule has 2 aromatic rings. The van der Waals surface area contributed by atoms with Crippen molar-refractivity contribution in [1.82, 2.24) is 0 Å². The largest absolute Gasteiger partial charge is 0.493 e. The summed E-state index contributed by atoms with van der Waals surface area (Å²) >= 11 is 0. The van der Waals surface area contributed by atoms with Crippen LogP contribution in [-0.4, -0.2) is 38.7 Å². The molecular formula is C22H22O6. The van der Waals surface area contributed by atoms with Crippen molar-refractivity contribution in [2.45, 2.75) is 13.8 Å². The normalized spacial score (nSPS) is 12.7. The quantitative estimate of drug-likeness (QED) is 0.432. The van der Waals surface area contributed by atoms with Crippen LogP contribution < -0.4 is 14.2 Å². The van der Waals surface area contributed by atoms with Gasteiger partial charge in [0, 0.05) is 11.6 Å². The number of aryl methyl sites for hydroxylation is 2. The van der Waals surface area contributed by atoms with Crippen molar-refractivity contribution in [2.24, 2.45) is 0 Å². The van der Waals surface area contributed by atoms with E-state index in [-0.39, 0.29) is 12.4 Å². The molecule has 6 nitrogen and oxygen atoms in total. The SMILES string of the molecule is COc1cc(/C=C/C(=O)OCC(=O)c2cc(C)ccc2C)cc2c1OCCO2. The van der Waals surface area contributed by atoms with Gasteiger partial charge in [0.1, 0.15) is 13.2 Å². The molecule has 0 radical (unpaired) electrons. The number of methoxy groups -OCH3 is 1. The molecule has 0 N–H and O–H groups in total. The lowest BCUT2D eigenvalue weighted by atomic mass is 10.0. The number of hydrogen-bond donors (Lipinski definition) is 0. The van der Waals surface area contributed by atoms with Crippen molar-refractivity contribution >= 4 is 17.8 Å². The first-order valence-electron chi connectivity index (χ1n) is 8.91. The Balaban J connectivity index is 1.64. The van der Waals surface area contributed by atoms with Crippen molar-refractivity contribution in [2.75, 3.05) is 26.9 Å². The second-order valence-electron chi connectivity index (χ2n) is 6.43. The summed E-state index contributed by atoms with van der Waals surface area (Å²) in [6.07, 6.45) is 2.84. The van der Waals surface area contributed by atoms with Crippen molar-refractivity contribution in [3.63, 3.8) is 0 Å². The fraction of sp³-hybridized carbons (Fsp3) is 0.273. The van der Waals surface area contributed by atoms with Crippen molar-refractivity contribution in [3.05, 3.63) is 58.7 Å². The molecule has 2 aromatic carbocycles. The summed E-state index contributed by atoms with van der Waals surface area (Å²) in [6.45, 7) is 4.36. The molecule has 0 unspecified atom stereocenters. The van der Waals surface area contributed by atoms with Gasteiger partial charge in [0.05, 0.1) is 7.11 Å². The van der Waals surface area contributed by atoms with Crippen LogP contribution in [0, 0.1) is 13.8 Å². The highest BCUT2D eigenvalue weighted by Crippen LogP contribution is 2.40. The molecule has 0 spiro atoms. The molecular weight excluding hydrogens is 360 g/mol. The van der Waals surface area contributed by atoms with Gasteiger partial charge in [-0.3, -0.25) is 4.79 Å². The molecule has 1 aliphatic rings. The first kappa shape index (κ1) is 19.5. The average molecular weight is 382 g/mol. The second kappa shape index (κ2) is 8.61. The van der Waals surface area contributed by atoms with Crippen LogP contribution in [0.15, 0.2) is 36.4 Å². The number of carbonyl (C=O) groups excluding carboxylic acids is 2. The summed E-state index contributed by atoms with van der Waals surface area (Å²) in [5.41, 5.74) is 3.09. The summed E-state index contributed by atoms with van der Waals surface area (Å²) in [5, 5.41) is 0. The minimum Gasteiger partial charge on any atom is -0.493 e. The molecule has 0 aliphatic carbocycles. The van der Waals surface area contributed by atoms with E-state index in [1.807, 2.05) is 26.0 Å². The third-order valence-corrected chi connectivity index (χ3v) is 4.30. The van der Waals surface area contributed by atoms with Gasteiger partial charge in [-0.1, -0.05) is 17.7 Å². The maximum Gasteiger partial charge on any atom is 0.331 e. The minimum absolute atomic E-state index is 0.232. The van der Waals surface area contributed by atoms with Gasteiger partial charge >= 0.3 is 5.97 Å². The van der Waals surface area contributed by atoms with E-state index < -0.39 is 5.97 Å². The van der Waals surface area contributed by atoms with Crippen molar-refractivity contribution in [1.29, 1.82) is 0 Å². The topological polar surface area (TPSA) is 71.1 Å². The lowest BCUT2D eigenvalue weighted by Crippen LogP contribution is -2.16. The van der Waals surface area contributed by atoms with Gasteiger partial charge in [-0.2, -0.15) is 0 Å². The molecule has 6 heteroatoms. The number of esters is 1. The predicted molar refractivity (Wildman–Crippen MR) is 104 cm³/mol. The lowest BCUT2D eigenvalue weighted by Gasteiger charge is -2.20. The summed E-state index contributed by atoms with van der Waals surface area (Å²) in [5.74, 6) is 0.795. The third-order valence-electron chi connectivity index (χ3n) is 4.30. The van der Waals surface area contributed by atoms with E-state index in [9.17, 15) is 9.59 Å². The van der Waals surface area contributed by atoms with Crippen LogP contribution in [0.4, 0.5) is 0 Å². The Kier molecular flexibility index (Phi) is 5.99. The van der Waals surface area contributed by atoms with Gasteiger partial charge in [0.15, 0.2) is 18.1 Å². The number of rotatable bonds is 6. The molecule has 28 heavy (non-hydrogen) atoms. The first-order valence-corrected chi connectivity index (χ1v) is 8.91. The van der Waals surface area contributed by atoms with Crippen LogP contribution in [0.2, 0.25) is 0 Å². The van der Waals surface area contributed by atoms with Crippen molar-refractivity contribution < 1.29 is 28.5 Å². The Morgan fingerprint density at radius 1 is 1.11 bits per heavy atom. The van der Waals surface area contributed by atoms with Gasteiger partial charge in [-0.05, 0) is 49.2 Å². The van der Waals surface area contributed by atoms with Crippen molar-refractivity contribution in [3.8, 4) is 17.2 Å². The monoisotopic (exact) mass is 382 g/mol. The van der Waals surface area contributed by atoms with Gasteiger partial charge in [0.25, 0.3) is 0 Å². The van der Waals surface area contributed by atoms with Gasteiger partial charge in [-0.25, -0.2) is 4.79 Å². The van der Waals surface area contributed by atoms with E-state index in [4.69, 9.17) is 18.9 Å². The van der Waals surface area contributed by atoms with Crippen LogP contribution in [-0.2, 0) is 9.53 Å². The molecule has 146 valence electrons. The van der Waals surface area contributed by atoms with Gasteiger partial charge in [0.2, 0.25) is 11.5 Å². The maximum atomic E-state index is 12.3. The van der Waals surface area contributed by atoms with Crippen LogP contribution in [0.3, 0.4) is 0 Å². The van der Waals surface area contributed by atoms with E-state index >= 15 is 0 Å². The second-order valence-corrected chi connectivity index (χ2v) is 6.43. The molecule has 0 saturated heterocycles. The summed E-state index contributed by atoms with van der Waals surface area (Å²) in [7, 11) is 1.54. The maximum absolute atomic E-state index is 12.3. The fourth-order valence-electron chi connectivity index (χ4n) is 2.85.